The molecule has 2 fully saturated rings. The van der Waals surface area contributed by atoms with E-state index in [1.807, 2.05) is 0 Å². The van der Waals surface area contributed by atoms with Crippen LogP contribution in [0.15, 0.2) is 24.3 Å². The highest BCUT2D eigenvalue weighted by molar-refractivity contribution is 6.01. The SMILES string of the molecule is COc1ccccc1N1CC(C(=O)N2CCOCC2C(=O)O)CC1=O. The van der Waals surface area contributed by atoms with Crippen molar-refractivity contribution in [2.24, 2.45) is 5.92 Å². The molecule has 3 rings (SSSR count). The Hall–Kier alpha value is -2.61. The van der Waals surface area contributed by atoms with Gasteiger partial charge in [0.05, 0.1) is 31.9 Å². The van der Waals surface area contributed by atoms with Gasteiger partial charge in [-0.05, 0) is 12.1 Å². The quantitative estimate of drug-likeness (QED) is 0.844. The van der Waals surface area contributed by atoms with Crippen molar-refractivity contribution in [2.45, 2.75) is 12.5 Å². The molecule has 134 valence electrons. The number of carboxylic acid groups (broad SMARTS) is 1. The standard InChI is InChI=1S/C17H20N2O6/c1-24-14-5-3-2-4-12(14)19-9-11(8-15(19)20)16(21)18-6-7-25-10-13(18)17(22)23/h2-5,11,13H,6-10H2,1H3,(H,22,23). The van der Waals surface area contributed by atoms with Crippen LogP contribution in [0, 0.1) is 5.92 Å². The number of methoxy groups -OCH3 is 1. The Labute approximate surface area is 144 Å². The molecule has 0 saturated carbocycles. The molecule has 0 spiro atoms. The summed E-state index contributed by atoms with van der Waals surface area (Å²) in [5, 5.41) is 9.28. The molecule has 8 heteroatoms. The molecule has 2 atom stereocenters. The van der Waals surface area contributed by atoms with Gasteiger partial charge in [-0.1, -0.05) is 12.1 Å². The molecule has 1 aromatic carbocycles. The average molecular weight is 348 g/mol. The van der Waals surface area contributed by atoms with Crippen molar-refractivity contribution in [3.8, 4) is 5.75 Å². The van der Waals surface area contributed by atoms with Crippen LogP contribution in [0.1, 0.15) is 6.42 Å². The van der Waals surface area contributed by atoms with Gasteiger partial charge in [-0.2, -0.15) is 0 Å². The van der Waals surface area contributed by atoms with E-state index in [1.165, 1.54) is 16.9 Å². The van der Waals surface area contributed by atoms with Gasteiger partial charge in [-0.3, -0.25) is 9.59 Å². The van der Waals surface area contributed by atoms with Crippen molar-refractivity contribution < 1.29 is 29.0 Å². The fraction of sp³-hybridized carbons (Fsp3) is 0.471. The maximum absolute atomic E-state index is 12.8. The Kier molecular flexibility index (Phi) is 4.89. The number of aliphatic carboxylic acids is 1. The maximum atomic E-state index is 12.8. The van der Waals surface area contributed by atoms with E-state index in [9.17, 15) is 19.5 Å². The zero-order chi connectivity index (χ0) is 18.0. The number of carbonyl (C=O) groups is 3. The number of carboxylic acids is 1. The van der Waals surface area contributed by atoms with Crippen LogP contribution in [-0.2, 0) is 19.1 Å². The van der Waals surface area contributed by atoms with Gasteiger partial charge in [0.2, 0.25) is 11.8 Å². The van der Waals surface area contributed by atoms with Gasteiger partial charge >= 0.3 is 5.97 Å². The summed E-state index contributed by atoms with van der Waals surface area (Å²) >= 11 is 0. The van der Waals surface area contributed by atoms with Crippen molar-refractivity contribution in [1.82, 2.24) is 4.90 Å². The zero-order valence-electron chi connectivity index (χ0n) is 13.9. The van der Waals surface area contributed by atoms with Crippen molar-refractivity contribution in [1.29, 1.82) is 0 Å². The second kappa shape index (κ2) is 7.10. The summed E-state index contributed by atoms with van der Waals surface area (Å²) in [4.78, 5) is 39.4. The summed E-state index contributed by atoms with van der Waals surface area (Å²) in [5.74, 6) is -1.61. The molecule has 8 nitrogen and oxygen atoms in total. The van der Waals surface area contributed by atoms with Crippen LogP contribution in [-0.4, -0.2) is 67.2 Å². The lowest BCUT2D eigenvalue weighted by molar-refractivity contribution is -0.160. The average Bonchev–Trinajstić information content (AvgIpc) is 3.02. The minimum atomic E-state index is -1.10. The lowest BCUT2D eigenvalue weighted by Gasteiger charge is -2.34. The molecule has 0 bridgehead atoms. The third-order valence-corrected chi connectivity index (χ3v) is 4.55. The molecule has 0 aromatic heterocycles. The summed E-state index contributed by atoms with van der Waals surface area (Å²) < 4.78 is 10.4. The highest BCUT2D eigenvalue weighted by atomic mass is 16.5. The highest BCUT2D eigenvalue weighted by Gasteiger charge is 2.42. The molecule has 1 N–H and O–H groups in total. The highest BCUT2D eigenvalue weighted by Crippen LogP contribution is 2.33. The number of rotatable bonds is 4. The molecular formula is C17H20N2O6. The molecule has 25 heavy (non-hydrogen) atoms. The maximum Gasteiger partial charge on any atom is 0.328 e. The second-order valence-electron chi connectivity index (χ2n) is 6.04. The predicted octanol–water partition coefficient (Wildman–Crippen LogP) is 0.360. The first-order valence-electron chi connectivity index (χ1n) is 8.07. The molecule has 2 unspecified atom stereocenters. The number of hydrogen-bond donors (Lipinski definition) is 1. The van der Waals surface area contributed by atoms with E-state index in [1.54, 1.807) is 24.3 Å². The van der Waals surface area contributed by atoms with Crippen LogP contribution in [0.4, 0.5) is 5.69 Å². The van der Waals surface area contributed by atoms with E-state index in [2.05, 4.69) is 0 Å². The fourth-order valence-electron chi connectivity index (χ4n) is 3.27. The molecule has 0 radical (unpaired) electrons. The number of benzene rings is 1. The Morgan fingerprint density at radius 1 is 1.32 bits per heavy atom. The van der Waals surface area contributed by atoms with Crippen molar-refractivity contribution in [3.63, 3.8) is 0 Å². The lowest BCUT2D eigenvalue weighted by atomic mass is 10.1. The van der Waals surface area contributed by atoms with Gasteiger partial charge in [-0.25, -0.2) is 4.79 Å². The Balaban J connectivity index is 1.77. The number of anilines is 1. The smallest absolute Gasteiger partial charge is 0.328 e. The number of amides is 2. The van der Waals surface area contributed by atoms with E-state index in [0.717, 1.165) is 0 Å². The van der Waals surface area contributed by atoms with Crippen LogP contribution in [0.25, 0.3) is 0 Å². The van der Waals surface area contributed by atoms with E-state index in [0.29, 0.717) is 18.0 Å². The van der Waals surface area contributed by atoms with Crippen LogP contribution in [0.5, 0.6) is 5.75 Å². The van der Waals surface area contributed by atoms with Gasteiger partial charge in [0.15, 0.2) is 6.04 Å². The first-order chi connectivity index (χ1) is 12.0. The van der Waals surface area contributed by atoms with Gasteiger partial charge in [0, 0.05) is 19.5 Å². The molecule has 0 aliphatic carbocycles. The summed E-state index contributed by atoms with van der Waals surface area (Å²) in [7, 11) is 1.52. The minimum Gasteiger partial charge on any atom is -0.495 e. The van der Waals surface area contributed by atoms with Crippen LogP contribution < -0.4 is 9.64 Å². The summed E-state index contributed by atoms with van der Waals surface area (Å²) in [6.45, 7) is 0.696. The van der Waals surface area contributed by atoms with Crippen molar-refractivity contribution in [3.05, 3.63) is 24.3 Å². The van der Waals surface area contributed by atoms with Crippen LogP contribution in [0.3, 0.4) is 0 Å². The largest absolute Gasteiger partial charge is 0.495 e. The summed E-state index contributed by atoms with van der Waals surface area (Å²) in [6, 6.07) is 6.11. The van der Waals surface area contributed by atoms with Crippen molar-refractivity contribution >= 4 is 23.5 Å². The summed E-state index contributed by atoms with van der Waals surface area (Å²) in [6.07, 6.45) is 0.0561. The zero-order valence-corrected chi connectivity index (χ0v) is 13.9. The number of carbonyl (C=O) groups excluding carboxylic acids is 2. The number of para-hydroxylation sites is 2. The molecule has 2 saturated heterocycles. The molecule has 2 aliphatic rings. The van der Waals surface area contributed by atoms with E-state index >= 15 is 0 Å². The first kappa shape index (κ1) is 17.2. The Morgan fingerprint density at radius 2 is 2.08 bits per heavy atom. The Bertz CT molecular complexity index is 691. The monoisotopic (exact) mass is 348 g/mol. The van der Waals surface area contributed by atoms with Gasteiger partial charge in [-0.15, -0.1) is 0 Å². The van der Waals surface area contributed by atoms with Gasteiger partial charge in [0.25, 0.3) is 0 Å². The number of hydrogen-bond acceptors (Lipinski definition) is 5. The molecule has 2 amide bonds. The molecule has 2 aliphatic heterocycles. The molecule has 2 heterocycles. The normalized spacial score (nSPS) is 23.6. The summed E-state index contributed by atoms with van der Waals surface area (Å²) in [5.41, 5.74) is 0.613. The van der Waals surface area contributed by atoms with E-state index < -0.39 is 17.9 Å². The topological polar surface area (TPSA) is 96.4 Å². The number of ether oxygens (including phenoxy) is 2. The molecular weight excluding hydrogens is 328 g/mol. The van der Waals surface area contributed by atoms with Crippen molar-refractivity contribution in [2.75, 3.05) is 38.3 Å². The fourth-order valence-corrected chi connectivity index (χ4v) is 3.27. The van der Waals surface area contributed by atoms with Gasteiger partial charge < -0.3 is 24.4 Å². The van der Waals surface area contributed by atoms with E-state index in [4.69, 9.17) is 9.47 Å². The van der Waals surface area contributed by atoms with Crippen LogP contribution >= 0.6 is 0 Å². The predicted molar refractivity (Wildman–Crippen MR) is 87.4 cm³/mol. The number of nitrogens with zero attached hydrogens (tertiary/aromatic N) is 2. The third-order valence-electron chi connectivity index (χ3n) is 4.55. The Morgan fingerprint density at radius 3 is 2.80 bits per heavy atom. The lowest BCUT2D eigenvalue weighted by Crippen LogP contribution is -2.54. The number of morpholine rings is 1. The second-order valence-corrected chi connectivity index (χ2v) is 6.04. The third kappa shape index (κ3) is 3.30. The molecule has 1 aromatic rings. The minimum absolute atomic E-state index is 0.0298. The first-order valence-corrected chi connectivity index (χ1v) is 8.07. The van der Waals surface area contributed by atoms with E-state index in [-0.39, 0.29) is 37.9 Å². The van der Waals surface area contributed by atoms with Crippen LogP contribution in [0.2, 0.25) is 0 Å². The van der Waals surface area contributed by atoms with Gasteiger partial charge in [0.1, 0.15) is 5.75 Å².